The highest BCUT2D eigenvalue weighted by Gasteiger charge is 2.37. The molecule has 0 spiro atoms. The highest BCUT2D eigenvalue weighted by atomic mass is 15.3. The molecule has 2 unspecified atom stereocenters. The van der Waals surface area contributed by atoms with Gasteiger partial charge in [-0.2, -0.15) is 0 Å². The molecule has 1 aliphatic heterocycles. The van der Waals surface area contributed by atoms with Gasteiger partial charge in [-0.3, -0.25) is 4.90 Å². The molecule has 2 nitrogen and oxygen atoms in total. The van der Waals surface area contributed by atoms with Crippen LogP contribution in [0.2, 0.25) is 0 Å². The summed E-state index contributed by atoms with van der Waals surface area (Å²) in [5.41, 5.74) is 0.349. The van der Waals surface area contributed by atoms with Gasteiger partial charge in [0, 0.05) is 30.7 Å². The lowest BCUT2D eigenvalue weighted by molar-refractivity contribution is 0.0270. The van der Waals surface area contributed by atoms with Crippen LogP contribution in [0.3, 0.4) is 0 Å². The van der Waals surface area contributed by atoms with Gasteiger partial charge in [0.25, 0.3) is 0 Å². The van der Waals surface area contributed by atoms with Gasteiger partial charge >= 0.3 is 0 Å². The van der Waals surface area contributed by atoms with Crippen LogP contribution in [0.15, 0.2) is 0 Å². The maximum absolute atomic E-state index is 3.81. The number of rotatable bonds is 4. The molecule has 0 radical (unpaired) electrons. The largest absolute Gasteiger partial charge is 0.309 e. The minimum Gasteiger partial charge on any atom is -0.309 e. The molecular formula is C16H32N2. The lowest BCUT2D eigenvalue weighted by Crippen LogP contribution is -2.64. The third kappa shape index (κ3) is 3.27. The standard InChI is InChI=1S/C16H32N2/c1-4-9-15-12-17-16(3,5-2)13-18(15)14-10-7-6-8-11-14/h14-15,17H,4-13H2,1-3H3. The molecule has 1 N–H and O–H groups in total. The van der Waals surface area contributed by atoms with Gasteiger partial charge in [-0.25, -0.2) is 0 Å². The summed E-state index contributed by atoms with van der Waals surface area (Å²) < 4.78 is 0. The van der Waals surface area contributed by atoms with Crippen LogP contribution in [0.25, 0.3) is 0 Å². The summed E-state index contributed by atoms with van der Waals surface area (Å²) in [6.07, 6.45) is 11.2. The van der Waals surface area contributed by atoms with E-state index in [2.05, 4.69) is 31.0 Å². The first-order chi connectivity index (χ1) is 8.68. The lowest BCUT2D eigenvalue weighted by atomic mass is 9.87. The molecule has 2 aliphatic rings. The van der Waals surface area contributed by atoms with Crippen LogP contribution < -0.4 is 5.32 Å². The molecular weight excluding hydrogens is 220 g/mol. The van der Waals surface area contributed by atoms with Crippen molar-refractivity contribution in [3.8, 4) is 0 Å². The van der Waals surface area contributed by atoms with Gasteiger partial charge in [-0.05, 0) is 32.6 Å². The van der Waals surface area contributed by atoms with Crippen LogP contribution in [0.4, 0.5) is 0 Å². The van der Waals surface area contributed by atoms with E-state index >= 15 is 0 Å². The second kappa shape index (κ2) is 6.38. The number of nitrogens with zero attached hydrogens (tertiary/aromatic N) is 1. The molecule has 0 aromatic rings. The lowest BCUT2D eigenvalue weighted by Gasteiger charge is -2.50. The van der Waals surface area contributed by atoms with Gasteiger partial charge in [-0.15, -0.1) is 0 Å². The van der Waals surface area contributed by atoms with Crippen LogP contribution >= 0.6 is 0 Å². The summed E-state index contributed by atoms with van der Waals surface area (Å²) in [5.74, 6) is 0. The highest BCUT2D eigenvalue weighted by molar-refractivity contribution is 4.97. The van der Waals surface area contributed by atoms with E-state index in [4.69, 9.17) is 0 Å². The van der Waals surface area contributed by atoms with Gasteiger partial charge < -0.3 is 5.32 Å². The maximum Gasteiger partial charge on any atom is 0.0278 e. The van der Waals surface area contributed by atoms with Crippen molar-refractivity contribution in [2.24, 2.45) is 0 Å². The molecule has 2 heteroatoms. The average molecular weight is 252 g/mol. The fourth-order valence-corrected chi connectivity index (χ4v) is 3.75. The molecule has 1 saturated heterocycles. The zero-order chi connectivity index (χ0) is 13.0. The van der Waals surface area contributed by atoms with Gasteiger partial charge in [0.05, 0.1) is 0 Å². The topological polar surface area (TPSA) is 15.3 Å². The van der Waals surface area contributed by atoms with Crippen molar-refractivity contribution in [3.63, 3.8) is 0 Å². The first-order valence-electron chi connectivity index (χ1n) is 8.19. The molecule has 2 atom stereocenters. The number of nitrogens with one attached hydrogen (secondary N) is 1. The predicted molar refractivity (Wildman–Crippen MR) is 79.0 cm³/mol. The molecule has 2 fully saturated rings. The van der Waals surface area contributed by atoms with Crippen LogP contribution in [0.5, 0.6) is 0 Å². The first kappa shape index (κ1) is 14.3. The van der Waals surface area contributed by atoms with E-state index < -0.39 is 0 Å². The summed E-state index contributed by atoms with van der Waals surface area (Å²) in [5, 5.41) is 3.81. The van der Waals surface area contributed by atoms with E-state index in [1.165, 1.54) is 64.5 Å². The molecule has 0 amide bonds. The van der Waals surface area contributed by atoms with Gasteiger partial charge in [0.2, 0.25) is 0 Å². The number of hydrogen-bond acceptors (Lipinski definition) is 2. The van der Waals surface area contributed by atoms with E-state index in [0.29, 0.717) is 5.54 Å². The van der Waals surface area contributed by atoms with E-state index in [1.807, 2.05) is 0 Å². The highest BCUT2D eigenvalue weighted by Crippen LogP contribution is 2.30. The quantitative estimate of drug-likeness (QED) is 0.823. The Bertz CT molecular complexity index is 243. The Morgan fingerprint density at radius 2 is 1.89 bits per heavy atom. The molecule has 0 bridgehead atoms. The monoisotopic (exact) mass is 252 g/mol. The smallest absolute Gasteiger partial charge is 0.0278 e. The van der Waals surface area contributed by atoms with Crippen LogP contribution in [0.1, 0.15) is 72.1 Å². The second-order valence-electron chi connectivity index (χ2n) is 6.70. The number of hydrogen-bond donors (Lipinski definition) is 1. The van der Waals surface area contributed by atoms with Crippen molar-refractivity contribution in [3.05, 3.63) is 0 Å². The molecule has 2 rings (SSSR count). The third-order valence-electron chi connectivity index (χ3n) is 5.21. The normalized spacial score (nSPS) is 35.8. The van der Waals surface area contributed by atoms with Gasteiger partial charge in [-0.1, -0.05) is 39.5 Å². The summed E-state index contributed by atoms with van der Waals surface area (Å²) in [6, 6.07) is 1.67. The Morgan fingerprint density at radius 3 is 2.50 bits per heavy atom. The molecule has 1 saturated carbocycles. The minimum atomic E-state index is 0.349. The zero-order valence-corrected chi connectivity index (χ0v) is 12.7. The molecule has 106 valence electrons. The van der Waals surface area contributed by atoms with Crippen molar-refractivity contribution in [1.29, 1.82) is 0 Å². The van der Waals surface area contributed by atoms with Crippen molar-refractivity contribution in [2.45, 2.75) is 89.8 Å². The SMILES string of the molecule is CCCC1CNC(C)(CC)CN1C1CCCCC1. The van der Waals surface area contributed by atoms with Gasteiger partial charge in [0.1, 0.15) is 0 Å². The second-order valence-corrected chi connectivity index (χ2v) is 6.70. The molecule has 18 heavy (non-hydrogen) atoms. The van der Waals surface area contributed by atoms with Gasteiger partial charge in [0.15, 0.2) is 0 Å². The van der Waals surface area contributed by atoms with E-state index in [9.17, 15) is 0 Å². The Morgan fingerprint density at radius 1 is 1.17 bits per heavy atom. The molecule has 1 aliphatic carbocycles. The Hall–Kier alpha value is -0.0800. The molecule has 0 aromatic heterocycles. The average Bonchev–Trinajstić information content (AvgIpc) is 2.42. The fourth-order valence-electron chi connectivity index (χ4n) is 3.75. The minimum absolute atomic E-state index is 0.349. The first-order valence-corrected chi connectivity index (χ1v) is 8.19. The maximum atomic E-state index is 3.81. The van der Waals surface area contributed by atoms with E-state index in [0.717, 1.165) is 12.1 Å². The fraction of sp³-hybridized carbons (Fsp3) is 1.00. The summed E-state index contributed by atoms with van der Waals surface area (Å²) >= 11 is 0. The Labute approximate surface area is 114 Å². The van der Waals surface area contributed by atoms with Crippen molar-refractivity contribution >= 4 is 0 Å². The summed E-state index contributed by atoms with van der Waals surface area (Å²) in [6.45, 7) is 9.53. The van der Waals surface area contributed by atoms with Crippen molar-refractivity contribution in [2.75, 3.05) is 13.1 Å². The van der Waals surface area contributed by atoms with Crippen LogP contribution in [0, 0.1) is 0 Å². The van der Waals surface area contributed by atoms with E-state index in [-0.39, 0.29) is 0 Å². The third-order valence-corrected chi connectivity index (χ3v) is 5.21. The predicted octanol–water partition coefficient (Wildman–Crippen LogP) is 3.56. The Balaban J connectivity index is 2.03. The molecule has 1 heterocycles. The number of piperazine rings is 1. The van der Waals surface area contributed by atoms with Crippen LogP contribution in [-0.4, -0.2) is 35.6 Å². The zero-order valence-electron chi connectivity index (χ0n) is 12.7. The van der Waals surface area contributed by atoms with Crippen molar-refractivity contribution in [1.82, 2.24) is 10.2 Å². The summed E-state index contributed by atoms with van der Waals surface area (Å²) in [7, 11) is 0. The Kier molecular flexibility index (Phi) is 5.08. The summed E-state index contributed by atoms with van der Waals surface area (Å²) in [4.78, 5) is 2.88. The van der Waals surface area contributed by atoms with E-state index in [1.54, 1.807) is 0 Å². The van der Waals surface area contributed by atoms with Crippen LogP contribution in [-0.2, 0) is 0 Å². The molecule has 0 aromatic carbocycles. The van der Waals surface area contributed by atoms with Crippen molar-refractivity contribution < 1.29 is 0 Å².